The van der Waals surface area contributed by atoms with Crippen LogP contribution in [0.1, 0.15) is 47.2 Å². The second-order valence-electron chi connectivity index (χ2n) is 16.1. The van der Waals surface area contributed by atoms with Crippen LogP contribution in [-0.2, 0) is 10.8 Å². The lowest BCUT2D eigenvalue weighted by molar-refractivity contribution is 0.550. The van der Waals surface area contributed by atoms with Gasteiger partial charge in [-0.15, -0.1) is 0 Å². The minimum absolute atomic E-state index is 0.293. The van der Waals surface area contributed by atoms with Crippen molar-refractivity contribution >= 4 is 11.8 Å². The summed E-state index contributed by atoms with van der Waals surface area (Å²) < 4.78 is 0. The van der Waals surface area contributed by atoms with E-state index < -0.39 is 5.41 Å². The third-order valence-corrected chi connectivity index (χ3v) is 13.5. The number of fused-ring (bicyclic) bond motifs is 8. The Kier molecular flexibility index (Phi) is 8.35. The molecule has 1 aliphatic heterocycles. The summed E-state index contributed by atoms with van der Waals surface area (Å²) in [6.45, 7) is 4.81. The maximum atomic E-state index is 5.32. The van der Waals surface area contributed by atoms with E-state index in [9.17, 15) is 0 Å². The molecule has 2 aliphatic rings. The second-order valence-corrected chi connectivity index (χ2v) is 17.2. The van der Waals surface area contributed by atoms with Gasteiger partial charge in [0.05, 0.1) is 16.8 Å². The molecule has 0 fully saturated rings. The molecule has 3 heteroatoms. The predicted molar refractivity (Wildman–Crippen MR) is 244 cm³/mol. The van der Waals surface area contributed by atoms with Gasteiger partial charge in [-0.1, -0.05) is 202 Å². The number of nitrogens with zero attached hydrogens (tertiary/aromatic N) is 2. The van der Waals surface area contributed by atoms with Crippen molar-refractivity contribution in [3.63, 3.8) is 0 Å². The Morgan fingerprint density at radius 1 is 0.356 bits per heavy atom. The zero-order valence-electron chi connectivity index (χ0n) is 32.9. The monoisotopic (exact) mass is 772 g/mol. The molecular weight excluding hydrogens is 733 g/mol. The molecule has 280 valence electrons. The Balaban J connectivity index is 1.12. The first-order valence-corrected chi connectivity index (χ1v) is 21.1. The summed E-state index contributed by atoms with van der Waals surface area (Å²) in [5.41, 5.74) is 16.9. The van der Waals surface area contributed by atoms with E-state index in [0.29, 0.717) is 5.82 Å². The highest BCUT2D eigenvalue weighted by atomic mass is 32.2. The van der Waals surface area contributed by atoms with E-state index in [2.05, 4.69) is 214 Å². The SMILES string of the molecule is CC1(C)c2ccccc2C2(c3ccccc3Sc3ccccc32)c2cccc(-c3cccc(-c4nc(-c5ccccc5)cc(-c5cccc(-c6ccccc6)c5)n4)c3)c21. The van der Waals surface area contributed by atoms with Gasteiger partial charge in [0.2, 0.25) is 0 Å². The van der Waals surface area contributed by atoms with Crippen molar-refractivity contribution in [1.29, 1.82) is 0 Å². The smallest absolute Gasteiger partial charge is 0.160 e. The summed E-state index contributed by atoms with van der Waals surface area (Å²) in [5.74, 6) is 0.700. The first-order chi connectivity index (χ1) is 29.0. The summed E-state index contributed by atoms with van der Waals surface area (Å²) in [4.78, 5) is 13.2. The van der Waals surface area contributed by atoms with Crippen molar-refractivity contribution in [2.45, 2.75) is 34.5 Å². The van der Waals surface area contributed by atoms with Crippen molar-refractivity contribution in [3.8, 4) is 56.2 Å². The lowest BCUT2D eigenvalue weighted by Gasteiger charge is -2.51. The second kappa shape index (κ2) is 13.9. The molecular formula is C56H40N2S. The highest BCUT2D eigenvalue weighted by Gasteiger charge is 2.52. The maximum Gasteiger partial charge on any atom is 0.160 e. The summed E-state index contributed by atoms with van der Waals surface area (Å²) in [6, 6.07) is 74.8. The molecule has 0 bridgehead atoms. The summed E-state index contributed by atoms with van der Waals surface area (Å²) >= 11 is 1.88. The molecule has 1 spiro atoms. The number of hydrogen-bond donors (Lipinski definition) is 0. The average molecular weight is 773 g/mol. The number of rotatable bonds is 5. The topological polar surface area (TPSA) is 25.8 Å². The van der Waals surface area contributed by atoms with Gasteiger partial charge in [0.15, 0.2) is 5.82 Å². The predicted octanol–water partition coefficient (Wildman–Crippen LogP) is 14.3. The maximum absolute atomic E-state index is 5.32. The molecule has 0 N–H and O–H groups in total. The van der Waals surface area contributed by atoms with Gasteiger partial charge in [-0.2, -0.15) is 0 Å². The van der Waals surface area contributed by atoms with Gasteiger partial charge < -0.3 is 0 Å². The van der Waals surface area contributed by atoms with Gasteiger partial charge in [0, 0.05) is 31.9 Å². The standard InChI is InChI=1S/C56H40N2S/c1-55(2)44-27-9-10-28-45(44)56(46-29-11-13-32-51(46)59-52-33-14-12-30-47(52)56)48-31-17-26-43(53(48)55)40-23-16-25-42(35-40)54-57-49(38-20-7-4-8-21-38)36-50(58-54)41-24-15-22-39(34-41)37-18-5-3-6-19-37/h3-36H,1-2H3. The molecule has 0 unspecified atom stereocenters. The third-order valence-electron chi connectivity index (χ3n) is 12.4. The van der Waals surface area contributed by atoms with Crippen LogP contribution in [0.25, 0.3) is 56.2 Å². The molecule has 0 saturated heterocycles. The van der Waals surface area contributed by atoms with Crippen LogP contribution in [0.2, 0.25) is 0 Å². The van der Waals surface area contributed by atoms with E-state index in [-0.39, 0.29) is 5.41 Å². The van der Waals surface area contributed by atoms with Gasteiger partial charge in [0.1, 0.15) is 0 Å². The fraction of sp³-hybridized carbons (Fsp3) is 0.0714. The van der Waals surface area contributed by atoms with E-state index in [1.54, 1.807) is 0 Å². The largest absolute Gasteiger partial charge is 0.228 e. The van der Waals surface area contributed by atoms with Crippen LogP contribution >= 0.6 is 11.8 Å². The molecule has 2 heterocycles. The van der Waals surface area contributed by atoms with Crippen molar-refractivity contribution in [2.24, 2.45) is 0 Å². The van der Waals surface area contributed by atoms with Crippen molar-refractivity contribution in [3.05, 3.63) is 240 Å². The molecule has 2 nitrogen and oxygen atoms in total. The molecule has 1 aromatic heterocycles. The Morgan fingerprint density at radius 2 is 0.831 bits per heavy atom. The zero-order chi connectivity index (χ0) is 39.6. The Morgan fingerprint density at radius 3 is 1.53 bits per heavy atom. The molecule has 0 saturated carbocycles. The normalized spacial score (nSPS) is 14.1. The summed E-state index contributed by atoms with van der Waals surface area (Å²) in [7, 11) is 0. The van der Waals surface area contributed by atoms with Crippen LogP contribution in [0.3, 0.4) is 0 Å². The van der Waals surface area contributed by atoms with Crippen molar-refractivity contribution in [1.82, 2.24) is 9.97 Å². The van der Waals surface area contributed by atoms with E-state index in [4.69, 9.17) is 9.97 Å². The molecule has 1 aliphatic carbocycles. The molecule has 8 aromatic carbocycles. The molecule has 0 amide bonds. The Labute approximate surface area is 350 Å². The van der Waals surface area contributed by atoms with Crippen molar-refractivity contribution in [2.75, 3.05) is 0 Å². The van der Waals surface area contributed by atoms with E-state index >= 15 is 0 Å². The van der Waals surface area contributed by atoms with Crippen LogP contribution in [0.5, 0.6) is 0 Å². The quantitative estimate of drug-likeness (QED) is 0.174. The number of hydrogen-bond acceptors (Lipinski definition) is 3. The Bertz CT molecular complexity index is 3010. The van der Waals surface area contributed by atoms with E-state index in [1.807, 2.05) is 17.8 Å². The molecule has 0 atom stereocenters. The highest BCUT2D eigenvalue weighted by molar-refractivity contribution is 7.99. The summed E-state index contributed by atoms with van der Waals surface area (Å²) in [6.07, 6.45) is 0. The first-order valence-electron chi connectivity index (χ1n) is 20.3. The van der Waals surface area contributed by atoms with E-state index in [1.165, 1.54) is 54.3 Å². The van der Waals surface area contributed by atoms with Gasteiger partial charge in [-0.05, 0) is 86.0 Å². The fourth-order valence-electron chi connectivity index (χ4n) is 9.78. The van der Waals surface area contributed by atoms with Gasteiger partial charge in [0.25, 0.3) is 0 Å². The lowest BCUT2D eigenvalue weighted by atomic mass is 9.53. The summed E-state index contributed by atoms with van der Waals surface area (Å²) in [5, 5.41) is 0. The van der Waals surface area contributed by atoms with Crippen LogP contribution in [0.4, 0.5) is 0 Å². The van der Waals surface area contributed by atoms with E-state index in [0.717, 1.165) is 39.2 Å². The van der Waals surface area contributed by atoms with Crippen LogP contribution in [-0.4, -0.2) is 9.97 Å². The number of benzene rings is 8. The van der Waals surface area contributed by atoms with Crippen LogP contribution in [0, 0.1) is 0 Å². The van der Waals surface area contributed by atoms with Gasteiger partial charge >= 0.3 is 0 Å². The first kappa shape index (κ1) is 35.4. The average Bonchev–Trinajstić information content (AvgIpc) is 3.31. The fourth-order valence-corrected chi connectivity index (χ4v) is 11.0. The van der Waals surface area contributed by atoms with Gasteiger partial charge in [-0.3, -0.25) is 0 Å². The molecule has 59 heavy (non-hydrogen) atoms. The molecule has 0 radical (unpaired) electrons. The van der Waals surface area contributed by atoms with Gasteiger partial charge in [-0.25, -0.2) is 9.97 Å². The zero-order valence-corrected chi connectivity index (χ0v) is 33.7. The molecule has 9 aromatic rings. The lowest BCUT2D eigenvalue weighted by Crippen LogP contribution is -2.43. The highest BCUT2D eigenvalue weighted by Crippen LogP contribution is 2.62. The minimum Gasteiger partial charge on any atom is -0.228 e. The molecule has 11 rings (SSSR count). The Hall–Kier alpha value is -6.81. The minimum atomic E-state index is -0.482. The third kappa shape index (κ3) is 5.64. The number of aromatic nitrogens is 2. The van der Waals surface area contributed by atoms with Crippen LogP contribution < -0.4 is 0 Å². The van der Waals surface area contributed by atoms with Crippen LogP contribution in [0.15, 0.2) is 216 Å². The van der Waals surface area contributed by atoms with Crippen molar-refractivity contribution < 1.29 is 0 Å².